The molecule has 5 heteroatoms. The Hall–Kier alpha value is -1.10. The van der Waals surface area contributed by atoms with Gasteiger partial charge in [-0.05, 0) is 25.7 Å². The highest BCUT2D eigenvalue weighted by Crippen LogP contribution is 2.12. The van der Waals surface area contributed by atoms with Gasteiger partial charge in [0.15, 0.2) is 0 Å². The van der Waals surface area contributed by atoms with Crippen molar-refractivity contribution in [2.45, 2.75) is 141 Å². The highest BCUT2D eigenvalue weighted by Gasteiger charge is 1.98. The predicted octanol–water partition coefficient (Wildman–Crippen LogP) is 7.34. The summed E-state index contributed by atoms with van der Waals surface area (Å²) in [5, 5.41) is 21.8. The molecule has 0 aromatic rings. The zero-order valence-corrected chi connectivity index (χ0v) is 20.1. The van der Waals surface area contributed by atoms with Gasteiger partial charge in [-0.15, -0.1) is 0 Å². The molecule has 0 heterocycles. The molecule has 0 spiro atoms. The van der Waals surface area contributed by atoms with Crippen molar-refractivity contribution in [3.05, 3.63) is 0 Å². The minimum atomic E-state index is -0.669. The minimum Gasteiger partial charge on any atom is -0.481 e. The van der Waals surface area contributed by atoms with E-state index < -0.39 is 11.9 Å². The number of unbranched alkanes of at least 4 members (excludes halogenated alkanes) is 18. The van der Waals surface area contributed by atoms with Crippen molar-refractivity contribution >= 4 is 11.9 Å². The maximum absolute atomic E-state index is 10.4. The molecule has 0 aromatic carbocycles. The van der Waals surface area contributed by atoms with Gasteiger partial charge < -0.3 is 10.2 Å². The first-order chi connectivity index (χ1) is 15.1. The SMILES string of the molecule is O=C(O)CCCCCCCCCCCC[N]CCCCCCCCCCCCC(=O)O. The Bertz CT molecular complexity index is 365. The number of aliphatic carboxylic acids is 2. The fourth-order valence-electron chi connectivity index (χ4n) is 3.94. The molecule has 0 saturated heterocycles. The quantitative estimate of drug-likeness (QED) is 0.138. The second kappa shape index (κ2) is 25.2. The van der Waals surface area contributed by atoms with Gasteiger partial charge in [0, 0.05) is 25.9 Å². The van der Waals surface area contributed by atoms with E-state index >= 15 is 0 Å². The molecule has 0 bridgehead atoms. The molecular formula is C26H50NO4. The highest BCUT2D eigenvalue weighted by molar-refractivity contribution is 5.66. The van der Waals surface area contributed by atoms with E-state index in [-0.39, 0.29) is 0 Å². The van der Waals surface area contributed by atoms with Crippen molar-refractivity contribution in [3.63, 3.8) is 0 Å². The molecule has 0 aromatic heterocycles. The molecule has 0 rings (SSSR count). The number of rotatable bonds is 26. The lowest BCUT2D eigenvalue weighted by Gasteiger charge is -2.04. The van der Waals surface area contributed by atoms with Gasteiger partial charge in [0.1, 0.15) is 0 Å². The first-order valence-electron chi connectivity index (χ1n) is 13.2. The zero-order valence-electron chi connectivity index (χ0n) is 20.1. The van der Waals surface area contributed by atoms with E-state index in [2.05, 4.69) is 5.32 Å². The third-order valence-electron chi connectivity index (χ3n) is 5.91. The predicted molar refractivity (Wildman–Crippen MR) is 129 cm³/mol. The number of carboxylic acids is 2. The monoisotopic (exact) mass is 440 g/mol. The number of carbonyl (C=O) groups is 2. The number of hydrogen-bond acceptors (Lipinski definition) is 2. The van der Waals surface area contributed by atoms with Crippen LogP contribution in [0.4, 0.5) is 0 Å². The van der Waals surface area contributed by atoms with Crippen molar-refractivity contribution in [2.75, 3.05) is 13.1 Å². The fraction of sp³-hybridized carbons (Fsp3) is 0.923. The summed E-state index contributed by atoms with van der Waals surface area (Å²) in [6.45, 7) is 2.07. The third-order valence-corrected chi connectivity index (χ3v) is 5.91. The lowest BCUT2D eigenvalue weighted by Crippen LogP contribution is -2.08. The Morgan fingerprint density at radius 1 is 0.387 bits per heavy atom. The molecular weight excluding hydrogens is 390 g/mol. The first kappa shape index (κ1) is 29.9. The van der Waals surface area contributed by atoms with Crippen molar-refractivity contribution in [1.82, 2.24) is 5.32 Å². The average molecular weight is 441 g/mol. The number of carboxylic acid groups (broad SMARTS) is 2. The summed E-state index contributed by atoms with van der Waals surface area (Å²) in [7, 11) is 0. The molecule has 0 unspecified atom stereocenters. The Labute approximate surface area is 191 Å². The summed E-state index contributed by atoms with van der Waals surface area (Å²) in [4.78, 5) is 20.8. The second-order valence-corrected chi connectivity index (χ2v) is 9.03. The van der Waals surface area contributed by atoms with E-state index in [9.17, 15) is 9.59 Å². The molecule has 0 aliphatic carbocycles. The van der Waals surface area contributed by atoms with Crippen LogP contribution in [0.5, 0.6) is 0 Å². The molecule has 31 heavy (non-hydrogen) atoms. The lowest BCUT2D eigenvalue weighted by molar-refractivity contribution is -0.138. The molecule has 0 fully saturated rings. The van der Waals surface area contributed by atoms with Gasteiger partial charge in [-0.2, -0.15) is 0 Å². The van der Waals surface area contributed by atoms with Crippen LogP contribution in [0.2, 0.25) is 0 Å². The summed E-state index contributed by atoms with van der Waals surface area (Å²) in [6.07, 6.45) is 24.9. The number of nitrogens with zero attached hydrogens (tertiary/aromatic N) is 1. The topological polar surface area (TPSA) is 88.7 Å². The largest absolute Gasteiger partial charge is 0.481 e. The van der Waals surface area contributed by atoms with Crippen LogP contribution in [-0.2, 0) is 9.59 Å². The molecule has 0 atom stereocenters. The van der Waals surface area contributed by atoms with Crippen LogP contribution in [0.3, 0.4) is 0 Å². The maximum atomic E-state index is 10.4. The fourth-order valence-corrected chi connectivity index (χ4v) is 3.94. The third kappa shape index (κ3) is 28.9. The lowest BCUT2D eigenvalue weighted by atomic mass is 10.1. The second-order valence-electron chi connectivity index (χ2n) is 9.03. The van der Waals surface area contributed by atoms with E-state index in [0.29, 0.717) is 12.8 Å². The van der Waals surface area contributed by atoms with Gasteiger partial charge in [0.2, 0.25) is 0 Å². The van der Waals surface area contributed by atoms with E-state index in [4.69, 9.17) is 10.2 Å². The van der Waals surface area contributed by atoms with Gasteiger partial charge in [0.05, 0.1) is 0 Å². The standard InChI is InChI=1S/C26H50NO4/c28-25(29)21-17-13-9-5-1-3-7-11-15-19-23-27-24-20-16-12-8-4-2-6-10-14-18-22-26(30)31/h1-24H2,(H,28,29)(H,30,31). The zero-order chi connectivity index (χ0) is 22.8. The molecule has 1 radical (unpaired) electrons. The molecule has 183 valence electrons. The Balaban J connectivity index is 3.02. The van der Waals surface area contributed by atoms with Crippen LogP contribution >= 0.6 is 0 Å². The summed E-state index contributed by atoms with van der Waals surface area (Å²) in [5.74, 6) is -1.34. The molecule has 5 nitrogen and oxygen atoms in total. The van der Waals surface area contributed by atoms with Gasteiger partial charge >= 0.3 is 11.9 Å². The van der Waals surface area contributed by atoms with Crippen molar-refractivity contribution < 1.29 is 19.8 Å². The van der Waals surface area contributed by atoms with E-state index in [0.717, 1.165) is 38.8 Å². The summed E-state index contributed by atoms with van der Waals surface area (Å²) < 4.78 is 0. The molecule has 2 N–H and O–H groups in total. The normalized spacial score (nSPS) is 11.1. The van der Waals surface area contributed by atoms with Crippen LogP contribution in [0.15, 0.2) is 0 Å². The van der Waals surface area contributed by atoms with Gasteiger partial charge in [-0.25, -0.2) is 5.32 Å². The van der Waals surface area contributed by atoms with Crippen LogP contribution in [0, 0.1) is 0 Å². The summed E-state index contributed by atoms with van der Waals surface area (Å²) in [5.41, 5.74) is 0. The van der Waals surface area contributed by atoms with E-state index in [1.54, 1.807) is 0 Å². The van der Waals surface area contributed by atoms with Crippen molar-refractivity contribution in [2.24, 2.45) is 0 Å². The Morgan fingerprint density at radius 3 is 0.871 bits per heavy atom. The number of hydrogen-bond donors (Lipinski definition) is 2. The average Bonchev–Trinajstić information content (AvgIpc) is 2.73. The van der Waals surface area contributed by atoms with Crippen molar-refractivity contribution in [1.29, 1.82) is 0 Å². The smallest absolute Gasteiger partial charge is 0.303 e. The van der Waals surface area contributed by atoms with Gasteiger partial charge in [-0.1, -0.05) is 103 Å². The molecule has 0 aliphatic heterocycles. The molecule has 0 amide bonds. The van der Waals surface area contributed by atoms with Gasteiger partial charge in [-0.3, -0.25) is 9.59 Å². The summed E-state index contributed by atoms with van der Waals surface area (Å²) >= 11 is 0. The Kier molecular flexibility index (Phi) is 24.3. The van der Waals surface area contributed by atoms with Crippen LogP contribution in [0.25, 0.3) is 0 Å². The molecule has 0 aliphatic rings. The maximum Gasteiger partial charge on any atom is 0.303 e. The Morgan fingerprint density at radius 2 is 0.613 bits per heavy atom. The van der Waals surface area contributed by atoms with Gasteiger partial charge in [0.25, 0.3) is 0 Å². The summed E-state index contributed by atoms with van der Waals surface area (Å²) in [6, 6.07) is 0. The first-order valence-corrected chi connectivity index (χ1v) is 13.2. The van der Waals surface area contributed by atoms with E-state index in [1.165, 1.54) is 103 Å². The van der Waals surface area contributed by atoms with Crippen LogP contribution in [0.1, 0.15) is 141 Å². The van der Waals surface area contributed by atoms with Crippen LogP contribution < -0.4 is 5.32 Å². The highest BCUT2D eigenvalue weighted by atomic mass is 16.4. The molecule has 0 saturated carbocycles. The van der Waals surface area contributed by atoms with Crippen LogP contribution in [-0.4, -0.2) is 35.2 Å². The van der Waals surface area contributed by atoms with E-state index in [1.807, 2.05) is 0 Å². The minimum absolute atomic E-state index is 0.324. The van der Waals surface area contributed by atoms with Crippen molar-refractivity contribution in [3.8, 4) is 0 Å².